The molecule has 1 aromatic heterocycles. The van der Waals surface area contributed by atoms with Crippen molar-refractivity contribution >= 4 is 45.5 Å². The fraction of sp³-hybridized carbons (Fsp3) is 0.400. The van der Waals surface area contributed by atoms with E-state index in [9.17, 15) is 19.7 Å². The number of anilines is 1. The number of hydrogen-bond donors (Lipinski definition) is 2. The summed E-state index contributed by atoms with van der Waals surface area (Å²) in [7, 11) is 0. The average Bonchev–Trinajstić information content (AvgIpc) is 2.72. The predicted molar refractivity (Wildman–Crippen MR) is 74.4 cm³/mol. The highest BCUT2D eigenvalue weighted by Crippen LogP contribution is 2.35. The van der Waals surface area contributed by atoms with E-state index in [0.717, 1.165) is 17.4 Å². The van der Waals surface area contributed by atoms with Crippen LogP contribution in [-0.4, -0.2) is 39.8 Å². The molecule has 0 amide bonds. The number of carbonyl (C=O) groups excluding carboxylic acids is 1. The van der Waals surface area contributed by atoms with Gasteiger partial charge >= 0.3 is 11.7 Å². The van der Waals surface area contributed by atoms with Crippen LogP contribution in [-0.2, 0) is 4.79 Å². The number of nitrogens with zero attached hydrogens (tertiary/aromatic N) is 1. The number of ketones is 1. The molecule has 0 saturated heterocycles. The van der Waals surface area contributed by atoms with Crippen molar-refractivity contribution in [2.75, 3.05) is 17.3 Å². The van der Waals surface area contributed by atoms with Gasteiger partial charge in [-0.2, -0.15) is 11.8 Å². The highest BCUT2D eigenvalue weighted by Gasteiger charge is 2.25. The molecule has 1 heterocycles. The Hall–Kier alpha value is -1.61. The van der Waals surface area contributed by atoms with Crippen LogP contribution in [0.5, 0.6) is 0 Å². The number of nitro groups is 1. The molecule has 0 aromatic carbocycles. The van der Waals surface area contributed by atoms with Gasteiger partial charge in [-0.05, 0) is 13.2 Å². The van der Waals surface area contributed by atoms with Crippen molar-refractivity contribution in [2.45, 2.75) is 13.0 Å². The quantitative estimate of drug-likeness (QED) is 0.451. The summed E-state index contributed by atoms with van der Waals surface area (Å²) >= 11 is 2.20. The van der Waals surface area contributed by atoms with Crippen molar-refractivity contribution in [1.82, 2.24) is 0 Å². The summed E-state index contributed by atoms with van der Waals surface area (Å²) in [5, 5.41) is 22.6. The number of carboxylic acids is 1. The molecule has 1 rings (SSSR count). The first-order chi connectivity index (χ1) is 8.86. The van der Waals surface area contributed by atoms with Crippen LogP contribution in [0.4, 0.5) is 10.7 Å². The van der Waals surface area contributed by atoms with Gasteiger partial charge in [-0.15, -0.1) is 11.3 Å². The monoisotopic (exact) mass is 304 g/mol. The third-order valence-electron chi connectivity index (χ3n) is 2.19. The predicted octanol–water partition coefficient (Wildman–Crippen LogP) is 2.09. The van der Waals surface area contributed by atoms with Gasteiger partial charge in [-0.3, -0.25) is 14.9 Å². The summed E-state index contributed by atoms with van der Waals surface area (Å²) in [6.45, 7) is 1.30. The van der Waals surface area contributed by atoms with Crippen LogP contribution in [0.15, 0.2) is 6.07 Å². The van der Waals surface area contributed by atoms with Gasteiger partial charge in [0.15, 0.2) is 10.8 Å². The summed E-state index contributed by atoms with van der Waals surface area (Å²) in [6, 6.07) is 0.222. The topological polar surface area (TPSA) is 110 Å². The Morgan fingerprint density at radius 3 is 2.68 bits per heavy atom. The lowest BCUT2D eigenvalue weighted by Gasteiger charge is -2.12. The highest BCUT2D eigenvalue weighted by atomic mass is 32.2. The lowest BCUT2D eigenvalue weighted by atomic mass is 10.3. The first-order valence-corrected chi connectivity index (χ1v) is 7.35. The van der Waals surface area contributed by atoms with Crippen LogP contribution in [0.2, 0.25) is 0 Å². The van der Waals surface area contributed by atoms with Gasteiger partial charge in [0.2, 0.25) is 0 Å². The van der Waals surface area contributed by atoms with Gasteiger partial charge in [0.25, 0.3) is 0 Å². The third-order valence-corrected chi connectivity index (χ3v) is 4.02. The minimum atomic E-state index is -1.10. The summed E-state index contributed by atoms with van der Waals surface area (Å²) in [4.78, 5) is 32.7. The molecular weight excluding hydrogens is 292 g/mol. The molecule has 0 aliphatic rings. The van der Waals surface area contributed by atoms with E-state index in [-0.39, 0.29) is 27.1 Å². The molecule has 0 bridgehead atoms. The molecule has 0 aliphatic heterocycles. The number of aliphatic carboxylic acids is 1. The van der Waals surface area contributed by atoms with Crippen molar-refractivity contribution in [1.29, 1.82) is 0 Å². The normalized spacial score (nSPS) is 11.9. The average molecular weight is 304 g/mol. The molecule has 104 valence electrons. The van der Waals surface area contributed by atoms with Gasteiger partial charge in [-0.1, -0.05) is 0 Å². The molecule has 0 unspecified atom stereocenters. The van der Waals surface area contributed by atoms with E-state index in [1.807, 2.05) is 0 Å². The molecule has 0 fully saturated rings. The van der Waals surface area contributed by atoms with Crippen molar-refractivity contribution in [3.05, 3.63) is 21.1 Å². The Bertz CT molecular complexity index is 514. The highest BCUT2D eigenvalue weighted by molar-refractivity contribution is 7.98. The maximum Gasteiger partial charge on any atom is 0.327 e. The van der Waals surface area contributed by atoms with E-state index < -0.39 is 16.9 Å². The largest absolute Gasteiger partial charge is 0.480 e. The van der Waals surface area contributed by atoms with Crippen LogP contribution in [0.3, 0.4) is 0 Å². The lowest BCUT2D eigenvalue weighted by molar-refractivity contribution is -0.383. The number of thiophene rings is 1. The van der Waals surface area contributed by atoms with Crippen molar-refractivity contribution in [3.8, 4) is 0 Å². The van der Waals surface area contributed by atoms with Gasteiger partial charge < -0.3 is 10.4 Å². The van der Waals surface area contributed by atoms with E-state index in [1.165, 1.54) is 18.7 Å². The number of Topliss-reactive ketones (excluding diaryl/α,β-unsaturated/α-hetero) is 1. The SMILES string of the molecule is CSC[C@H](Nc1sc(C(C)=O)cc1[N+](=O)[O-])C(=O)O. The fourth-order valence-electron chi connectivity index (χ4n) is 1.29. The van der Waals surface area contributed by atoms with E-state index in [1.54, 1.807) is 6.26 Å². The number of carboxylic acid groups (broad SMARTS) is 1. The van der Waals surface area contributed by atoms with Crippen molar-refractivity contribution < 1.29 is 19.6 Å². The van der Waals surface area contributed by atoms with E-state index >= 15 is 0 Å². The zero-order valence-corrected chi connectivity index (χ0v) is 11.8. The molecule has 9 heteroatoms. The summed E-state index contributed by atoms with van der Waals surface area (Å²) in [5.74, 6) is -1.13. The van der Waals surface area contributed by atoms with Crippen molar-refractivity contribution in [3.63, 3.8) is 0 Å². The molecule has 7 nitrogen and oxygen atoms in total. The first-order valence-electron chi connectivity index (χ1n) is 5.14. The zero-order valence-electron chi connectivity index (χ0n) is 10.2. The second kappa shape index (κ2) is 6.53. The molecule has 1 aromatic rings. The van der Waals surface area contributed by atoms with Crippen LogP contribution in [0.1, 0.15) is 16.6 Å². The minimum Gasteiger partial charge on any atom is -0.480 e. The van der Waals surface area contributed by atoms with Gasteiger partial charge in [0.05, 0.1) is 9.80 Å². The third kappa shape index (κ3) is 3.93. The first kappa shape index (κ1) is 15.4. The Labute approximate surface area is 117 Å². The smallest absolute Gasteiger partial charge is 0.327 e. The van der Waals surface area contributed by atoms with Crippen LogP contribution in [0.25, 0.3) is 0 Å². The summed E-state index contributed by atoms with van der Waals surface area (Å²) < 4.78 is 0. The number of rotatable bonds is 7. The molecule has 0 spiro atoms. The molecule has 2 N–H and O–H groups in total. The van der Waals surface area contributed by atoms with E-state index in [0.29, 0.717) is 0 Å². The maximum absolute atomic E-state index is 11.2. The van der Waals surface area contributed by atoms with Gasteiger partial charge in [-0.25, -0.2) is 4.79 Å². The van der Waals surface area contributed by atoms with Crippen LogP contribution in [0, 0.1) is 10.1 Å². The standard InChI is InChI=1S/C10H12N2O5S2/c1-5(13)8-3-7(12(16)17)9(19-8)11-6(4-18-2)10(14)15/h3,6,11H,4H2,1-2H3,(H,14,15)/t6-/m0/s1. The summed E-state index contributed by atoms with van der Waals surface area (Å²) in [6.07, 6.45) is 1.74. The molecular formula is C10H12N2O5S2. The molecule has 0 saturated carbocycles. The number of nitrogens with one attached hydrogen (secondary N) is 1. The van der Waals surface area contributed by atoms with E-state index in [4.69, 9.17) is 5.11 Å². The van der Waals surface area contributed by atoms with E-state index in [2.05, 4.69) is 5.32 Å². The molecule has 1 atom stereocenters. The van der Waals surface area contributed by atoms with Gasteiger partial charge in [0, 0.05) is 11.8 Å². The second-order valence-corrected chi connectivity index (χ2v) is 5.59. The molecule has 0 aliphatic carbocycles. The van der Waals surface area contributed by atoms with Gasteiger partial charge in [0.1, 0.15) is 6.04 Å². The second-order valence-electron chi connectivity index (χ2n) is 3.63. The Balaban J connectivity index is 3.07. The summed E-state index contributed by atoms with van der Waals surface area (Å²) in [5.41, 5.74) is -0.275. The maximum atomic E-state index is 11.2. The van der Waals surface area contributed by atoms with Crippen LogP contribution < -0.4 is 5.32 Å². The van der Waals surface area contributed by atoms with Crippen LogP contribution >= 0.6 is 23.1 Å². The molecule has 0 radical (unpaired) electrons. The number of hydrogen-bond acceptors (Lipinski definition) is 7. The molecule has 19 heavy (non-hydrogen) atoms. The number of carbonyl (C=O) groups is 2. The Kier molecular flexibility index (Phi) is 5.31. The van der Waals surface area contributed by atoms with Crippen molar-refractivity contribution in [2.24, 2.45) is 0 Å². The fourth-order valence-corrected chi connectivity index (χ4v) is 2.83. The Morgan fingerprint density at radius 2 is 2.26 bits per heavy atom. The zero-order chi connectivity index (χ0) is 14.6. The Morgan fingerprint density at radius 1 is 1.63 bits per heavy atom. The number of thioether (sulfide) groups is 1. The lowest BCUT2D eigenvalue weighted by Crippen LogP contribution is -2.31. The minimum absolute atomic E-state index is 0.0941.